The number of nitrogens with one attached hydrogen (secondary N) is 3. The van der Waals surface area contributed by atoms with Gasteiger partial charge in [-0.2, -0.15) is 9.98 Å². The average molecular weight is 209 g/mol. The molecule has 0 aromatic carbocycles. The maximum Gasteiger partial charge on any atom is 0.281 e. The summed E-state index contributed by atoms with van der Waals surface area (Å²) in [5, 5.41) is 28.9. The van der Waals surface area contributed by atoms with Crippen molar-refractivity contribution in [2.45, 2.75) is 0 Å². The molecule has 3 N–H and O–H groups in total. The molecule has 11 nitrogen and oxygen atoms in total. The lowest BCUT2D eigenvalue weighted by atomic mass is 10.6. The molecule has 0 fully saturated rings. The summed E-state index contributed by atoms with van der Waals surface area (Å²) in [6, 6.07) is 0. The minimum Gasteiger partial charge on any atom is -0.264 e. The lowest BCUT2D eigenvalue weighted by molar-refractivity contribution is -0.446. The molecule has 0 spiro atoms. The molecule has 15 heavy (non-hydrogen) atoms. The molecule has 1 aliphatic heterocycles. The predicted molar refractivity (Wildman–Crippen MR) is 46.1 cm³/mol. The van der Waals surface area contributed by atoms with Crippen LogP contribution in [0.15, 0.2) is 15.2 Å². The van der Waals surface area contributed by atoms with Gasteiger partial charge in [0.1, 0.15) is 0 Å². The molecule has 0 atom stereocenters. The van der Waals surface area contributed by atoms with E-state index in [9.17, 15) is 10.1 Å². The highest BCUT2D eigenvalue weighted by Crippen LogP contribution is 2.06. The second kappa shape index (κ2) is 3.21. The SMILES string of the molecule is N=C1N=NC(c2n[nH]c(N[N+](=O)[O-])n2)=N1. The molecule has 0 saturated carbocycles. The van der Waals surface area contributed by atoms with E-state index in [1.807, 2.05) is 0 Å². The van der Waals surface area contributed by atoms with Gasteiger partial charge < -0.3 is 0 Å². The van der Waals surface area contributed by atoms with Crippen molar-refractivity contribution in [1.82, 2.24) is 15.2 Å². The maximum atomic E-state index is 10.1. The van der Waals surface area contributed by atoms with Gasteiger partial charge in [-0.05, 0) is 0 Å². The third-order valence-electron chi connectivity index (χ3n) is 1.33. The van der Waals surface area contributed by atoms with Crippen molar-refractivity contribution in [3.8, 4) is 0 Å². The number of hydrogen-bond donors (Lipinski definition) is 3. The molecule has 76 valence electrons. The highest BCUT2D eigenvalue weighted by molar-refractivity contribution is 6.06. The Hall–Kier alpha value is -2.72. The van der Waals surface area contributed by atoms with Crippen LogP contribution in [0.3, 0.4) is 0 Å². The van der Waals surface area contributed by atoms with E-state index in [4.69, 9.17) is 5.41 Å². The number of rotatable bonds is 3. The molecule has 0 aliphatic carbocycles. The van der Waals surface area contributed by atoms with Gasteiger partial charge in [0.05, 0.1) is 0 Å². The Kier molecular flexibility index (Phi) is 1.89. The Bertz CT molecular complexity index is 484. The van der Waals surface area contributed by atoms with Crippen LogP contribution in [0.2, 0.25) is 0 Å². The molecule has 2 rings (SSSR count). The molecule has 0 radical (unpaired) electrons. The minimum atomic E-state index is -0.787. The standard InChI is InChI=1S/C4H3N9O2/c5-3-6-1(8-10-3)2-7-4(11-9-2)12-13(14)15/h5H,(H2,7,9,11,12). The van der Waals surface area contributed by atoms with E-state index in [2.05, 4.69) is 30.4 Å². The van der Waals surface area contributed by atoms with Crippen LogP contribution in [-0.2, 0) is 0 Å². The molecule has 0 unspecified atom stereocenters. The van der Waals surface area contributed by atoms with Crippen molar-refractivity contribution in [2.75, 3.05) is 5.43 Å². The smallest absolute Gasteiger partial charge is 0.264 e. The summed E-state index contributed by atoms with van der Waals surface area (Å²) in [6.45, 7) is 0. The summed E-state index contributed by atoms with van der Waals surface area (Å²) in [6.07, 6.45) is 0. The van der Waals surface area contributed by atoms with Gasteiger partial charge in [0.2, 0.25) is 11.7 Å². The number of amidine groups is 1. The predicted octanol–water partition coefficient (Wildman–Crippen LogP) is -0.445. The van der Waals surface area contributed by atoms with Crippen LogP contribution in [0.25, 0.3) is 0 Å². The van der Waals surface area contributed by atoms with Gasteiger partial charge >= 0.3 is 0 Å². The highest BCUT2D eigenvalue weighted by Gasteiger charge is 2.16. The van der Waals surface area contributed by atoms with Crippen LogP contribution >= 0.6 is 0 Å². The van der Waals surface area contributed by atoms with Crippen LogP contribution in [-0.4, -0.2) is 32.0 Å². The van der Waals surface area contributed by atoms with Crippen LogP contribution < -0.4 is 5.43 Å². The van der Waals surface area contributed by atoms with Crippen LogP contribution in [0, 0.1) is 15.5 Å². The number of anilines is 1. The first-order valence-corrected chi connectivity index (χ1v) is 3.58. The van der Waals surface area contributed by atoms with Crippen molar-refractivity contribution in [3.63, 3.8) is 0 Å². The van der Waals surface area contributed by atoms with E-state index in [1.165, 1.54) is 0 Å². The fourth-order valence-corrected chi connectivity index (χ4v) is 0.833. The Labute approximate surface area is 81.0 Å². The summed E-state index contributed by atoms with van der Waals surface area (Å²) < 4.78 is 0. The van der Waals surface area contributed by atoms with Crippen LogP contribution in [0.1, 0.15) is 5.82 Å². The number of H-pyrrole nitrogens is 1. The van der Waals surface area contributed by atoms with Crippen molar-refractivity contribution < 1.29 is 5.03 Å². The largest absolute Gasteiger partial charge is 0.281 e. The summed E-state index contributed by atoms with van der Waals surface area (Å²) in [5.74, 6) is -0.345. The van der Waals surface area contributed by atoms with Crippen molar-refractivity contribution in [3.05, 3.63) is 15.9 Å². The number of guanidine groups is 1. The van der Waals surface area contributed by atoms with Gasteiger partial charge in [-0.15, -0.1) is 15.3 Å². The second-order valence-electron chi connectivity index (χ2n) is 2.34. The molecular weight excluding hydrogens is 206 g/mol. The number of hydrazine groups is 1. The molecule has 0 amide bonds. The quantitative estimate of drug-likeness (QED) is 0.453. The highest BCUT2D eigenvalue weighted by atomic mass is 16.7. The fourth-order valence-electron chi connectivity index (χ4n) is 0.833. The number of azo groups is 1. The first-order valence-electron chi connectivity index (χ1n) is 3.58. The van der Waals surface area contributed by atoms with E-state index < -0.39 is 5.03 Å². The molecular formula is C4H3N9O2. The fraction of sp³-hybridized carbons (Fsp3) is 0. The molecule has 11 heteroatoms. The van der Waals surface area contributed by atoms with E-state index in [0.717, 1.165) is 0 Å². The van der Waals surface area contributed by atoms with Gasteiger partial charge in [0.15, 0.2) is 5.03 Å². The molecule has 2 heterocycles. The van der Waals surface area contributed by atoms with Crippen molar-refractivity contribution in [1.29, 1.82) is 5.41 Å². The molecule has 0 saturated heterocycles. The summed E-state index contributed by atoms with van der Waals surface area (Å²) in [5.41, 5.74) is 1.77. The third-order valence-corrected chi connectivity index (χ3v) is 1.33. The zero-order valence-corrected chi connectivity index (χ0v) is 7.00. The zero-order chi connectivity index (χ0) is 10.8. The Morgan fingerprint density at radius 2 is 2.27 bits per heavy atom. The number of nitrogens with zero attached hydrogens (tertiary/aromatic N) is 6. The van der Waals surface area contributed by atoms with Crippen molar-refractivity contribution in [2.24, 2.45) is 15.2 Å². The molecule has 0 bridgehead atoms. The van der Waals surface area contributed by atoms with E-state index in [1.54, 1.807) is 5.43 Å². The van der Waals surface area contributed by atoms with Gasteiger partial charge in [-0.1, -0.05) is 5.43 Å². The van der Waals surface area contributed by atoms with Crippen molar-refractivity contribution >= 4 is 17.7 Å². The van der Waals surface area contributed by atoms with E-state index >= 15 is 0 Å². The Morgan fingerprint density at radius 1 is 1.47 bits per heavy atom. The first kappa shape index (κ1) is 8.86. The molecule has 1 aliphatic rings. The first-order chi connectivity index (χ1) is 7.15. The van der Waals surface area contributed by atoms with Gasteiger partial charge in [0, 0.05) is 0 Å². The minimum absolute atomic E-state index is 0.0327. The average Bonchev–Trinajstić information content (AvgIpc) is 2.72. The monoisotopic (exact) mass is 209 g/mol. The van der Waals surface area contributed by atoms with E-state index in [-0.39, 0.29) is 23.6 Å². The Morgan fingerprint density at radius 3 is 2.87 bits per heavy atom. The van der Waals surface area contributed by atoms with Crippen LogP contribution in [0.5, 0.6) is 0 Å². The topological polar surface area (TPSA) is 158 Å². The van der Waals surface area contributed by atoms with Gasteiger partial charge in [-0.25, -0.2) is 15.2 Å². The maximum absolute atomic E-state index is 10.1. The normalized spacial score (nSPS) is 14.1. The van der Waals surface area contributed by atoms with Crippen LogP contribution in [0.4, 0.5) is 5.95 Å². The van der Waals surface area contributed by atoms with Gasteiger partial charge in [-0.3, -0.25) is 5.41 Å². The zero-order valence-electron chi connectivity index (χ0n) is 7.00. The lowest BCUT2D eigenvalue weighted by Gasteiger charge is -1.86. The molecule has 1 aromatic rings. The summed E-state index contributed by atoms with van der Waals surface area (Å²) in [7, 11) is 0. The number of hydrogen-bond acceptors (Lipinski definition) is 6. The number of aliphatic imine (C=N–C) groups is 1. The summed E-state index contributed by atoms with van der Waals surface area (Å²) >= 11 is 0. The van der Waals surface area contributed by atoms with Gasteiger partial charge in [0.25, 0.3) is 11.9 Å². The van der Waals surface area contributed by atoms with E-state index in [0.29, 0.717) is 0 Å². The molecule has 1 aromatic heterocycles. The number of aromatic amines is 1. The lowest BCUT2D eigenvalue weighted by Crippen LogP contribution is -2.09. The summed E-state index contributed by atoms with van der Waals surface area (Å²) in [4.78, 5) is 17.3. The second-order valence-corrected chi connectivity index (χ2v) is 2.34. The Balaban J connectivity index is 2.21. The number of nitro groups is 1. The third kappa shape index (κ3) is 1.79. The number of aromatic nitrogens is 3.